The Kier molecular flexibility index (Phi) is 3.90. The molecule has 1 rings (SSSR count). The fourth-order valence-electron chi connectivity index (χ4n) is 0.860. The second-order valence-corrected chi connectivity index (χ2v) is 2.74. The molecule has 0 aliphatic rings. The zero-order valence-corrected chi connectivity index (χ0v) is 7.87. The molecule has 0 fully saturated rings. The number of benzene rings is 1. The molecule has 1 aromatic rings. The number of carboxylic acids is 1. The van der Waals surface area contributed by atoms with E-state index in [2.05, 4.69) is 4.84 Å². The molecule has 0 saturated heterocycles. The van der Waals surface area contributed by atoms with E-state index in [-0.39, 0.29) is 5.56 Å². The predicted octanol–water partition coefficient (Wildman–Crippen LogP) is 0.711. The van der Waals surface area contributed by atoms with Crippen LogP contribution in [0.4, 0.5) is 8.78 Å². The summed E-state index contributed by atoms with van der Waals surface area (Å²) in [5.74, 6) is -4.39. The van der Waals surface area contributed by atoms with Crippen LogP contribution in [0.25, 0.3) is 0 Å². The molecular formula is C9H7F2NO4. The molecule has 0 spiro atoms. The molecule has 7 heteroatoms. The zero-order valence-electron chi connectivity index (χ0n) is 7.87. The van der Waals surface area contributed by atoms with Crippen molar-refractivity contribution in [1.82, 2.24) is 5.48 Å². The standard InChI is InChI=1S/C9H7F2NO4/c10-6-2-1-5(3-7(6)11)9(15)12-16-4-8(13)14/h1-3H,4H2,(H,12,15)(H,13,14). The normalized spacial score (nSPS) is 9.88. The van der Waals surface area contributed by atoms with Gasteiger partial charge >= 0.3 is 5.97 Å². The summed E-state index contributed by atoms with van der Waals surface area (Å²) in [5.41, 5.74) is 1.59. The molecule has 0 saturated carbocycles. The summed E-state index contributed by atoms with van der Waals surface area (Å²) in [7, 11) is 0. The number of amides is 1. The van der Waals surface area contributed by atoms with Crippen molar-refractivity contribution in [3.8, 4) is 0 Å². The van der Waals surface area contributed by atoms with Gasteiger partial charge in [0.2, 0.25) is 0 Å². The molecule has 0 unspecified atom stereocenters. The third-order valence-corrected chi connectivity index (χ3v) is 1.54. The summed E-state index contributed by atoms with van der Waals surface area (Å²) in [6, 6.07) is 2.49. The summed E-state index contributed by atoms with van der Waals surface area (Å²) in [6.07, 6.45) is 0. The van der Waals surface area contributed by atoms with Crippen LogP contribution in [0.2, 0.25) is 0 Å². The molecule has 1 aromatic carbocycles. The number of rotatable bonds is 4. The highest BCUT2D eigenvalue weighted by Crippen LogP contribution is 2.08. The van der Waals surface area contributed by atoms with Gasteiger partial charge in [0.1, 0.15) is 0 Å². The quantitative estimate of drug-likeness (QED) is 0.748. The van der Waals surface area contributed by atoms with Crippen molar-refractivity contribution in [1.29, 1.82) is 0 Å². The minimum Gasteiger partial charge on any atom is -0.479 e. The van der Waals surface area contributed by atoms with Gasteiger partial charge in [-0.1, -0.05) is 0 Å². The number of hydroxylamine groups is 1. The molecule has 0 aromatic heterocycles. The highest BCUT2D eigenvalue weighted by atomic mass is 19.2. The van der Waals surface area contributed by atoms with Crippen molar-refractivity contribution >= 4 is 11.9 Å². The first-order chi connectivity index (χ1) is 7.50. The van der Waals surface area contributed by atoms with Crippen LogP contribution in [0, 0.1) is 11.6 Å². The van der Waals surface area contributed by atoms with E-state index in [4.69, 9.17) is 5.11 Å². The van der Waals surface area contributed by atoms with Crippen LogP contribution in [0.3, 0.4) is 0 Å². The Morgan fingerprint density at radius 1 is 1.31 bits per heavy atom. The first kappa shape index (κ1) is 12.1. The summed E-state index contributed by atoms with van der Waals surface area (Å²) < 4.78 is 25.2. The van der Waals surface area contributed by atoms with E-state index in [9.17, 15) is 18.4 Å². The predicted molar refractivity (Wildman–Crippen MR) is 47.4 cm³/mol. The lowest BCUT2D eigenvalue weighted by Gasteiger charge is -2.03. The van der Waals surface area contributed by atoms with Crippen LogP contribution in [-0.4, -0.2) is 23.6 Å². The third kappa shape index (κ3) is 3.28. The van der Waals surface area contributed by atoms with E-state index < -0.39 is 30.1 Å². The highest BCUT2D eigenvalue weighted by molar-refractivity contribution is 5.93. The van der Waals surface area contributed by atoms with Crippen molar-refractivity contribution in [2.75, 3.05) is 6.61 Å². The van der Waals surface area contributed by atoms with E-state index in [1.807, 2.05) is 0 Å². The first-order valence-corrected chi connectivity index (χ1v) is 4.09. The van der Waals surface area contributed by atoms with Crippen molar-refractivity contribution in [2.24, 2.45) is 0 Å². The Bertz CT molecular complexity index is 422. The minimum absolute atomic E-state index is 0.177. The van der Waals surface area contributed by atoms with Crippen LogP contribution in [0.15, 0.2) is 18.2 Å². The van der Waals surface area contributed by atoms with Crippen molar-refractivity contribution in [2.45, 2.75) is 0 Å². The fraction of sp³-hybridized carbons (Fsp3) is 0.111. The molecule has 0 aliphatic heterocycles. The van der Waals surface area contributed by atoms with Gasteiger partial charge in [0.05, 0.1) is 0 Å². The van der Waals surface area contributed by atoms with Crippen LogP contribution >= 0.6 is 0 Å². The Hall–Kier alpha value is -2.02. The number of carboxylic acid groups (broad SMARTS) is 1. The molecule has 0 bridgehead atoms. The van der Waals surface area contributed by atoms with Gasteiger partial charge in [-0.2, -0.15) is 0 Å². The molecule has 2 N–H and O–H groups in total. The van der Waals surface area contributed by atoms with Gasteiger partial charge in [-0.25, -0.2) is 19.1 Å². The number of halogens is 2. The second kappa shape index (κ2) is 5.17. The SMILES string of the molecule is O=C(O)CONC(=O)c1ccc(F)c(F)c1. The summed E-state index contributed by atoms with van der Waals surface area (Å²) in [5, 5.41) is 8.19. The maximum atomic E-state index is 12.7. The van der Waals surface area contributed by atoms with Gasteiger partial charge in [-0.15, -0.1) is 0 Å². The van der Waals surface area contributed by atoms with Crippen molar-refractivity contribution in [3.05, 3.63) is 35.4 Å². The fourth-order valence-corrected chi connectivity index (χ4v) is 0.860. The Morgan fingerprint density at radius 3 is 2.56 bits per heavy atom. The molecule has 5 nitrogen and oxygen atoms in total. The van der Waals surface area contributed by atoms with Gasteiger partial charge in [0.25, 0.3) is 5.91 Å². The van der Waals surface area contributed by atoms with E-state index in [0.29, 0.717) is 6.07 Å². The number of carbonyl (C=O) groups is 2. The molecule has 1 amide bonds. The minimum atomic E-state index is -1.27. The van der Waals surface area contributed by atoms with E-state index in [0.717, 1.165) is 12.1 Å². The van der Waals surface area contributed by atoms with E-state index in [1.165, 1.54) is 0 Å². The van der Waals surface area contributed by atoms with Gasteiger partial charge in [0.15, 0.2) is 18.2 Å². The van der Waals surface area contributed by atoms with Gasteiger partial charge in [-0.05, 0) is 18.2 Å². The molecule has 0 heterocycles. The number of hydrogen-bond acceptors (Lipinski definition) is 3. The Labute approximate surface area is 88.6 Å². The average Bonchev–Trinajstić information content (AvgIpc) is 2.21. The maximum Gasteiger partial charge on any atom is 0.332 e. The monoisotopic (exact) mass is 231 g/mol. The summed E-state index contributed by atoms with van der Waals surface area (Å²) in [6.45, 7) is -0.727. The maximum absolute atomic E-state index is 12.7. The van der Waals surface area contributed by atoms with Gasteiger partial charge in [0, 0.05) is 5.56 Å². The number of aliphatic carboxylic acids is 1. The number of hydrogen-bond donors (Lipinski definition) is 2. The summed E-state index contributed by atoms with van der Waals surface area (Å²) in [4.78, 5) is 25.5. The zero-order chi connectivity index (χ0) is 12.1. The highest BCUT2D eigenvalue weighted by Gasteiger charge is 2.10. The summed E-state index contributed by atoms with van der Waals surface area (Å²) >= 11 is 0. The molecule has 0 aliphatic carbocycles. The van der Waals surface area contributed by atoms with Crippen molar-refractivity contribution < 1.29 is 28.3 Å². The molecular weight excluding hydrogens is 224 g/mol. The number of nitrogens with one attached hydrogen (secondary N) is 1. The average molecular weight is 231 g/mol. The smallest absolute Gasteiger partial charge is 0.332 e. The van der Waals surface area contributed by atoms with Crippen LogP contribution in [0.5, 0.6) is 0 Å². The lowest BCUT2D eigenvalue weighted by Crippen LogP contribution is -2.26. The van der Waals surface area contributed by atoms with Gasteiger partial charge in [-0.3, -0.25) is 9.63 Å². The van der Waals surface area contributed by atoms with Gasteiger partial charge < -0.3 is 5.11 Å². The lowest BCUT2D eigenvalue weighted by molar-refractivity contribution is -0.144. The Balaban J connectivity index is 2.59. The Morgan fingerprint density at radius 2 is 2.00 bits per heavy atom. The first-order valence-electron chi connectivity index (χ1n) is 4.09. The largest absolute Gasteiger partial charge is 0.479 e. The van der Waals surface area contributed by atoms with Crippen LogP contribution in [-0.2, 0) is 9.63 Å². The molecule has 0 radical (unpaired) electrons. The molecule has 86 valence electrons. The van der Waals surface area contributed by atoms with E-state index in [1.54, 1.807) is 5.48 Å². The topological polar surface area (TPSA) is 75.6 Å². The van der Waals surface area contributed by atoms with E-state index >= 15 is 0 Å². The van der Waals surface area contributed by atoms with Crippen molar-refractivity contribution in [3.63, 3.8) is 0 Å². The third-order valence-electron chi connectivity index (χ3n) is 1.54. The molecule has 16 heavy (non-hydrogen) atoms. The second-order valence-electron chi connectivity index (χ2n) is 2.74. The van der Waals surface area contributed by atoms with Crippen LogP contribution < -0.4 is 5.48 Å². The number of carbonyl (C=O) groups excluding carboxylic acids is 1. The molecule has 0 atom stereocenters. The lowest BCUT2D eigenvalue weighted by atomic mass is 10.2. The van der Waals surface area contributed by atoms with Crippen LogP contribution in [0.1, 0.15) is 10.4 Å².